The lowest BCUT2D eigenvalue weighted by molar-refractivity contribution is -0.145. The van der Waals surface area contributed by atoms with Crippen molar-refractivity contribution in [1.82, 2.24) is 14.8 Å². The van der Waals surface area contributed by atoms with Crippen molar-refractivity contribution in [3.8, 4) is 0 Å². The van der Waals surface area contributed by atoms with E-state index in [4.69, 9.17) is 4.74 Å². The van der Waals surface area contributed by atoms with Crippen LogP contribution in [0.4, 0.5) is 13.2 Å². The molecule has 4 heterocycles. The molecule has 3 aliphatic heterocycles. The van der Waals surface area contributed by atoms with E-state index in [-0.39, 0.29) is 24.6 Å². The van der Waals surface area contributed by atoms with Gasteiger partial charge in [-0.25, -0.2) is 0 Å². The van der Waals surface area contributed by atoms with E-state index in [9.17, 15) is 18.0 Å². The van der Waals surface area contributed by atoms with Gasteiger partial charge in [-0.2, -0.15) is 13.2 Å². The monoisotopic (exact) mass is 497 g/mol. The average molecular weight is 498 g/mol. The molecule has 4 aliphatic rings. The minimum atomic E-state index is -4.45. The number of hydrogen-bond donors (Lipinski definition) is 0. The van der Waals surface area contributed by atoms with E-state index in [1.807, 2.05) is 6.07 Å². The first kappa shape index (κ1) is 23.7. The van der Waals surface area contributed by atoms with Crippen LogP contribution in [0.2, 0.25) is 0 Å². The van der Waals surface area contributed by atoms with Gasteiger partial charge in [0.15, 0.2) is 0 Å². The largest absolute Gasteiger partial charge is 0.417 e. The number of nitrogens with zero attached hydrogens (tertiary/aromatic N) is 3. The molecule has 3 atom stereocenters. The van der Waals surface area contributed by atoms with Crippen LogP contribution in [0.1, 0.15) is 48.1 Å². The predicted molar refractivity (Wildman–Crippen MR) is 129 cm³/mol. The molecule has 1 saturated heterocycles. The second kappa shape index (κ2) is 8.99. The number of carbonyl (C=O) groups is 1. The zero-order valence-corrected chi connectivity index (χ0v) is 20.1. The highest BCUT2D eigenvalue weighted by Crippen LogP contribution is 2.51. The molecule has 36 heavy (non-hydrogen) atoms. The van der Waals surface area contributed by atoms with E-state index < -0.39 is 17.2 Å². The number of alkyl halides is 3. The second-order valence-electron chi connectivity index (χ2n) is 10.5. The van der Waals surface area contributed by atoms with Crippen LogP contribution in [0.3, 0.4) is 0 Å². The fourth-order valence-corrected chi connectivity index (χ4v) is 6.59. The summed E-state index contributed by atoms with van der Waals surface area (Å²) in [7, 11) is 0. The van der Waals surface area contributed by atoms with Crippen molar-refractivity contribution in [2.45, 2.75) is 57.0 Å². The third-order valence-electron chi connectivity index (χ3n) is 8.55. The molecule has 2 fully saturated rings. The van der Waals surface area contributed by atoms with E-state index in [0.717, 1.165) is 44.6 Å². The number of rotatable bonds is 3. The van der Waals surface area contributed by atoms with Crippen LogP contribution >= 0.6 is 0 Å². The van der Waals surface area contributed by atoms with E-state index >= 15 is 0 Å². The Morgan fingerprint density at radius 2 is 1.97 bits per heavy atom. The minimum Gasteiger partial charge on any atom is -0.377 e. The zero-order chi connectivity index (χ0) is 24.9. The van der Waals surface area contributed by atoms with Gasteiger partial charge in [0.25, 0.3) is 0 Å². The van der Waals surface area contributed by atoms with Crippen molar-refractivity contribution >= 4 is 11.5 Å². The van der Waals surface area contributed by atoms with Gasteiger partial charge >= 0.3 is 6.18 Å². The van der Waals surface area contributed by atoms with E-state index in [1.165, 1.54) is 11.1 Å². The summed E-state index contributed by atoms with van der Waals surface area (Å²) in [6.07, 6.45) is 2.32. The van der Waals surface area contributed by atoms with Crippen molar-refractivity contribution in [1.29, 1.82) is 0 Å². The first-order valence-corrected chi connectivity index (χ1v) is 12.8. The maximum atomic E-state index is 13.9. The zero-order valence-electron chi connectivity index (χ0n) is 20.1. The molecule has 0 N–H and O–H groups in total. The van der Waals surface area contributed by atoms with Crippen molar-refractivity contribution in [2.24, 2.45) is 5.41 Å². The summed E-state index contributed by atoms with van der Waals surface area (Å²) in [5.74, 6) is 0.0353. The van der Waals surface area contributed by atoms with Gasteiger partial charge in [-0.15, -0.1) is 0 Å². The van der Waals surface area contributed by atoms with Crippen LogP contribution in [-0.4, -0.2) is 59.1 Å². The summed E-state index contributed by atoms with van der Waals surface area (Å²) < 4.78 is 45.8. The molecule has 1 amide bonds. The molecule has 3 unspecified atom stereocenters. The Labute approximate surface area is 208 Å². The van der Waals surface area contributed by atoms with Gasteiger partial charge in [-0.3, -0.25) is 14.7 Å². The maximum Gasteiger partial charge on any atom is 0.417 e. The summed E-state index contributed by atoms with van der Waals surface area (Å²) in [6, 6.07) is 11.9. The SMILES string of the molecule is O=C(N1CCc2ncc(C(F)(F)F)cc2C1)C12CCOC1CC(N1CC=C(c3ccccc3)CC1)C2. The molecule has 6 rings (SSSR count). The number of halogens is 3. The van der Waals surface area contributed by atoms with Crippen LogP contribution in [0, 0.1) is 5.41 Å². The Balaban J connectivity index is 1.17. The van der Waals surface area contributed by atoms with Crippen molar-refractivity contribution < 1.29 is 22.7 Å². The lowest BCUT2D eigenvalue weighted by Gasteiger charge is -2.37. The molecule has 1 saturated carbocycles. The number of ether oxygens (including phenoxy) is 1. The Kier molecular flexibility index (Phi) is 5.91. The van der Waals surface area contributed by atoms with E-state index in [0.29, 0.717) is 37.3 Å². The number of hydrogen-bond acceptors (Lipinski definition) is 4. The molecule has 0 radical (unpaired) electrons. The number of amides is 1. The van der Waals surface area contributed by atoms with Gasteiger partial charge in [0.1, 0.15) is 0 Å². The molecule has 1 aromatic heterocycles. The summed E-state index contributed by atoms with van der Waals surface area (Å²) in [5.41, 5.74) is 2.45. The van der Waals surface area contributed by atoms with Gasteiger partial charge in [0, 0.05) is 57.1 Å². The van der Waals surface area contributed by atoms with E-state index in [1.54, 1.807) is 4.90 Å². The molecule has 8 heteroatoms. The van der Waals surface area contributed by atoms with Crippen LogP contribution in [-0.2, 0) is 28.7 Å². The second-order valence-corrected chi connectivity index (χ2v) is 10.5. The summed E-state index contributed by atoms with van der Waals surface area (Å²) in [4.78, 5) is 22.2. The molecule has 0 spiro atoms. The molecule has 190 valence electrons. The molecule has 1 aromatic carbocycles. The summed E-state index contributed by atoms with van der Waals surface area (Å²) >= 11 is 0. The fourth-order valence-electron chi connectivity index (χ4n) is 6.59. The predicted octanol–water partition coefficient (Wildman–Crippen LogP) is 4.71. The molecule has 2 aromatic rings. The Morgan fingerprint density at radius 1 is 1.14 bits per heavy atom. The topological polar surface area (TPSA) is 45.7 Å². The summed E-state index contributed by atoms with van der Waals surface area (Å²) in [6.45, 7) is 3.03. The third-order valence-corrected chi connectivity index (χ3v) is 8.55. The number of carbonyl (C=O) groups excluding carboxylic acids is 1. The number of benzene rings is 1. The van der Waals surface area contributed by atoms with Gasteiger partial charge < -0.3 is 9.64 Å². The molecular weight excluding hydrogens is 467 g/mol. The molecular formula is C28H30F3N3O2. The quantitative estimate of drug-likeness (QED) is 0.616. The van der Waals surface area contributed by atoms with Gasteiger partial charge in [-0.1, -0.05) is 36.4 Å². The molecule has 1 aliphatic carbocycles. The highest BCUT2D eigenvalue weighted by molar-refractivity contribution is 5.84. The van der Waals surface area contributed by atoms with Gasteiger partial charge in [0.05, 0.1) is 17.1 Å². The van der Waals surface area contributed by atoms with Crippen molar-refractivity contribution in [3.63, 3.8) is 0 Å². The average Bonchev–Trinajstić information content (AvgIpc) is 3.46. The Morgan fingerprint density at radius 3 is 2.72 bits per heavy atom. The van der Waals surface area contributed by atoms with Crippen LogP contribution in [0.15, 0.2) is 48.7 Å². The highest BCUT2D eigenvalue weighted by atomic mass is 19.4. The lowest BCUT2D eigenvalue weighted by atomic mass is 9.80. The smallest absolute Gasteiger partial charge is 0.377 e. The van der Waals surface area contributed by atoms with Crippen molar-refractivity contribution in [2.75, 3.05) is 26.2 Å². The number of pyridine rings is 1. The Hall–Kier alpha value is -2.71. The standard InChI is InChI=1S/C28H30F3N3O2/c29-28(30,31)22-14-21-18-34(12-8-24(21)32-17-22)26(35)27-9-13-36-25(27)15-23(16-27)33-10-6-20(7-11-33)19-4-2-1-3-5-19/h1-6,14,17,23,25H,7-13,15-16,18H2. The number of fused-ring (bicyclic) bond motifs is 2. The number of aromatic nitrogens is 1. The van der Waals surface area contributed by atoms with E-state index in [2.05, 4.69) is 40.2 Å². The van der Waals surface area contributed by atoms with Crippen LogP contribution in [0.5, 0.6) is 0 Å². The van der Waals surface area contributed by atoms with Gasteiger partial charge in [0.2, 0.25) is 5.91 Å². The van der Waals surface area contributed by atoms with Crippen LogP contribution < -0.4 is 0 Å². The summed E-state index contributed by atoms with van der Waals surface area (Å²) in [5, 5.41) is 0. The minimum absolute atomic E-state index is 0.0353. The molecule has 0 bridgehead atoms. The highest BCUT2D eigenvalue weighted by Gasteiger charge is 2.58. The van der Waals surface area contributed by atoms with Crippen molar-refractivity contribution in [3.05, 3.63) is 71.1 Å². The lowest BCUT2D eigenvalue weighted by Crippen LogP contribution is -2.48. The van der Waals surface area contributed by atoms with Crippen LogP contribution in [0.25, 0.3) is 5.57 Å². The van der Waals surface area contributed by atoms with Gasteiger partial charge in [-0.05, 0) is 48.4 Å². The maximum absolute atomic E-state index is 13.9. The first-order valence-electron chi connectivity index (χ1n) is 12.8. The Bertz CT molecular complexity index is 1180. The third kappa shape index (κ3) is 4.14. The normalized spacial score (nSPS) is 28.5. The first-order chi connectivity index (χ1) is 17.3. The fraction of sp³-hybridized carbons (Fsp3) is 0.500. The molecule has 5 nitrogen and oxygen atoms in total.